The summed E-state index contributed by atoms with van der Waals surface area (Å²) in [5.41, 5.74) is 2.32. The Morgan fingerprint density at radius 2 is 1.49 bits per heavy atom. The summed E-state index contributed by atoms with van der Waals surface area (Å²) in [5, 5.41) is 6.35. The van der Waals surface area contributed by atoms with Crippen molar-refractivity contribution in [1.82, 2.24) is 9.55 Å². The fraction of sp³-hybridized carbons (Fsp3) is 0.125. The molecule has 9 heteroatoms. The van der Waals surface area contributed by atoms with Crippen LogP contribution in [0.3, 0.4) is 0 Å². The molecule has 2 heterocycles. The largest absolute Gasteiger partial charge is 0.457 e. The summed E-state index contributed by atoms with van der Waals surface area (Å²) in [6.07, 6.45) is 4.33. The zero-order valence-corrected chi connectivity index (χ0v) is 22.1. The SMILES string of the molecule is Cn1cc(-c2ccc3c(Oc4ccc(NC(=O)C5(C(=O)Nc6ccc(F)cc6)CC5)cc4)ccnc3c2)ccc1=O. The summed E-state index contributed by atoms with van der Waals surface area (Å²) in [7, 11) is 1.71. The molecular formula is C32H25FN4O4. The summed E-state index contributed by atoms with van der Waals surface area (Å²) in [6.45, 7) is 0. The van der Waals surface area contributed by atoms with E-state index in [1.165, 1.54) is 34.9 Å². The van der Waals surface area contributed by atoms with Gasteiger partial charge in [0.1, 0.15) is 22.7 Å². The minimum absolute atomic E-state index is 0.0756. The molecule has 0 bridgehead atoms. The van der Waals surface area contributed by atoms with Gasteiger partial charge in [0, 0.05) is 42.3 Å². The molecule has 1 saturated carbocycles. The van der Waals surface area contributed by atoms with Crippen molar-refractivity contribution >= 4 is 34.1 Å². The van der Waals surface area contributed by atoms with Gasteiger partial charge in [-0.25, -0.2) is 4.39 Å². The molecule has 0 aliphatic heterocycles. The highest BCUT2D eigenvalue weighted by Crippen LogP contribution is 2.47. The number of aryl methyl sites for hydroxylation is 1. The van der Waals surface area contributed by atoms with Crippen molar-refractivity contribution in [3.63, 3.8) is 0 Å². The van der Waals surface area contributed by atoms with Gasteiger partial charge in [-0.2, -0.15) is 0 Å². The lowest BCUT2D eigenvalue weighted by molar-refractivity contribution is -0.131. The Labute approximate surface area is 234 Å². The molecule has 1 aliphatic rings. The number of nitrogens with one attached hydrogen (secondary N) is 2. The van der Waals surface area contributed by atoms with Crippen molar-refractivity contribution in [2.75, 3.05) is 10.6 Å². The Kier molecular flexibility index (Phi) is 6.55. The number of benzene rings is 3. The van der Waals surface area contributed by atoms with Crippen LogP contribution in [0.2, 0.25) is 0 Å². The predicted octanol–water partition coefficient (Wildman–Crippen LogP) is 5.89. The fourth-order valence-corrected chi connectivity index (χ4v) is 4.61. The van der Waals surface area contributed by atoms with E-state index >= 15 is 0 Å². The molecule has 3 aromatic carbocycles. The topological polar surface area (TPSA) is 102 Å². The maximum absolute atomic E-state index is 13.2. The first-order valence-corrected chi connectivity index (χ1v) is 13.0. The Balaban J connectivity index is 1.14. The first-order valence-electron chi connectivity index (χ1n) is 13.0. The number of rotatable bonds is 7. The van der Waals surface area contributed by atoms with Crippen LogP contribution in [0.1, 0.15) is 12.8 Å². The molecule has 5 aromatic rings. The summed E-state index contributed by atoms with van der Waals surface area (Å²) >= 11 is 0. The van der Waals surface area contributed by atoms with Gasteiger partial charge in [0.2, 0.25) is 17.4 Å². The van der Waals surface area contributed by atoms with Crippen LogP contribution in [-0.4, -0.2) is 21.4 Å². The van der Waals surface area contributed by atoms with Gasteiger partial charge in [-0.3, -0.25) is 19.4 Å². The maximum atomic E-state index is 13.2. The van der Waals surface area contributed by atoms with Crippen molar-refractivity contribution < 1.29 is 18.7 Å². The number of ether oxygens (including phenoxy) is 1. The summed E-state index contributed by atoms with van der Waals surface area (Å²) in [6, 6.07) is 23.2. The van der Waals surface area contributed by atoms with E-state index in [1.54, 1.807) is 55.8 Å². The number of fused-ring (bicyclic) bond motifs is 1. The molecule has 41 heavy (non-hydrogen) atoms. The molecule has 0 atom stereocenters. The fourth-order valence-electron chi connectivity index (χ4n) is 4.61. The second-order valence-corrected chi connectivity index (χ2v) is 10.0. The third-order valence-electron chi connectivity index (χ3n) is 7.18. The second kappa shape index (κ2) is 10.3. The molecule has 0 saturated heterocycles. The van der Waals surface area contributed by atoms with Gasteiger partial charge in [-0.05, 0) is 96.8 Å². The third kappa shape index (κ3) is 5.29. The van der Waals surface area contributed by atoms with E-state index in [0.717, 1.165) is 22.0 Å². The number of nitrogens with zero attached hydrogens (tertiary/aromatic N) is 2. The molecule has 2 N–H and O–H groups in total. The molecule has 1 fully saturated rings. The molecule has 6 rings (SSSR count). The van der Waals surface area contributed by atoms with Crippen LogP contribution in [0.25, 0.3) is 22.0 Å². The molecule has 2 amide bonds. The number of anilines is 2. The monoisotopic (exact) mass is 548 g/mol. The minimum atomic E-state index is -1.15. The molecule has 0 unspecified atom stereocenters. The van der Waals surface area contributed by atoms with Crippen LogP contribution in [-0.2, 0) is 16.6 Å². The summed E-state index contributed by atoms with van der Waals surface area (Å²) in [5.74, 6) is -0.0228. The van der Waals surface area contributed by atoms with E-state index in [9.17, 15) is 18.8 Å². The quantitative estimate of drug-likeness (QED) is 0.247. The number of carbonyl (C=O) groups excluding carboxylic acids is 2. The highest BCUT2D eigenvalue weighted by atomic mass is 19.1. The lowest BCUT2D eigenvalue weighted by Crippen LogP contribution is -2.35. The van der Waals surface area contributed by atoms with Crippen LogP contribution >= 0.6 is 0 Å². The van der Waals surface area contributed by atoms with Gasteiger partial charge in [0.15, 0.2) is 0 Å². The maximum Gasteiger partial charge on any atom is 0.250 e. The number of amides is 2. The van der Waals surface area contributed by atoms with Crippen molar-refractivity contribution in [2.45, 2.75) is 12.8 Å². The lowest BCUT2D eigenvalue weighted by atomic mass is 10.0. The average Bonchev–Trinajstić information content (AvgIpc) is 3.79. The Hall–Kier alpha value is -5.31. The van der Waals surface area contributed by atoms with Gasteiger partial charge in [0.25, 0.3) is 0 Å². The number of hydrogen-bond acceptors (Lipinski definition) is 5. The van der Waals surface area contributed by atoms with Crippen LogP contribution < -0.4 is 20.9 Å². The second-order valence-electron chi connectivity index (χ2n) is 10.0. The van der Waals surface area contributed by atoms with Crippen LogP contribution in [0.15, 0.2) is 102 Å². The van der Waals surface area contributed by atoms with Crippen molar-refractivity contribution in [2.24, 2.45) is 12.5 Å². The predicted molar refractivity (Wildman–Crippen MR) is 154 cm³/mol. The molecular weight excluding hydrogens is 523 g/mol. The highest BCUT2D eigenvalue weighted by molar-refractivity contribution is 6.16. The number of hydrogen-bond donors (Lipinski definition) is 2. The zero-order chi connectivity index (χ0) is 28.6. The van der Waals surface area contributed by atoms with E-state index in [4.69, 9.17) is 4.74 Å². The van der Waals surface area contributed by atoms with Crippen LogP contribution in [0, 0.1) is 11.2 Å². The first kappa shape index (κ1) is 25.9. The van der Waals surface area contributed by atoms with E-state index in [1.807, 2.05) is 18.2 Å². The van der Waals surface area contributed by atoms with Crippen molar-refractivity contribution in [1.29, 1.82) is 0 Å². The number of pyridine rings is 2. The summed E-state index contributed by atoms with van der Waals surface area (Å²) in [4.78, 5) is 42.0. The van der Waals surface area contributed by atoms with Gasteiger partial charge in [-0.1, -0.05) is 6.07 Å². The van der Waals surface area contributed by atoms with E-state index < -0.39 is 17.1 Å². The van der Waals surface area contributed by atoms with Crippen LogP contribution in [0.5, 0.6) is 11.5 Å². The molecule has 0 spiro atoms. The van der Waals surface area contributed by atoms with Gasteiger partial charge in [0.05, 0.1) is 5.52 Å². The van der Waals surface area contributed by atoms with E-state index in [-0.39, 0.29) is 11.5 Å². The number of carbonyl (C=O) groups is 2. The molecule has 2 aromatic heterocycles. The molecule has 8 nitrogen and oxygen atoms in total. The first-order chi connectivity index (χ1) is 19.8. The Morgan fingerprint density at radius 3 is 2.12 bits per heavy atom. The van der Waals surface area contributed by atoms with Crippen molar-refractivity contribution in [3.05, 3.63) is 113 Å². The lowest BCUT2D eigenvalue weighted by Gasteiger charge is -2.16. The Bertz CT molecular complexity index is 1850. The van der Waals surface area contributed by atoms with Crippen LogP contribution in [0.4, 0.5) is 15.8 Å². The third-order valence-corrected chi connectivity index (χ3v) is 7.18. The normalized spacial score (nSPS) is 13.4. The van der Waals surface area contributed by atoms with E-state index in [0.29, 0.717) is 35.7 Å². The van der Waals surface area contributed by atoms with E-state index in [2.05, 4.69) is 15.6 Å². The summed E-state index contributed by atoms with van der Waals surface area (Å²) < 4.78 is 20.8. The smallest absolute Gasteiger partial charge is 0.250 e. The minimum Gasteiger partial charge on any atom is -0.457 e. The molecule has 1 aliphatic carbocycles. The standard InChI is InChI=1S/C32H25FN4O4/c1-37-19-21(3-13-29(37)38)20-2-12-26-27(18-20)34-17-14-28(26)41-25-10-8-24(9-11-25)36-31(40)32(15-16-32)30(39)35-23-6-4-22(33)5-7-23/h2-14,17-19H,15-16H2,1H3,(H,35,39)(H,36,40). The number of aromatic nitrogens is 2. The van der Waals surface area contributed by atoms with Gasteiger partial charge < -0.3 is 19.9 Å². The average molecular weight is 549 g/mol. The molecule has 204 valence electrons. The van der Waals surface area contributed by atoms with Gasteiger partial charge >= 0.3 is 0 Å². The highest BCUT2D eigenvalue weighted by Gasteiger charge is 2.56. The Morgan fingerprint density at radius 1 is 0.854 bits per heavy atom. The molecule has 0 radical (unpaired) electrons. The van der Waals surface area contributed by atoms with Gasteiger partial charge in [-0.15, -0.1) is 0 Å². The zero-order valence-electron chi connectivity index (χ0n) is 22.1. The van der Waals surface area contributed by atoms with Crippen molar-refractivity contribution in [3.8, 4) is 22.6 Å². The number of halogens is 1.